The second-order valence-electron chi connectivity index (χ2n) is 5.96. The highest BCUT2D eigenvalue weighted by molar-refractivity contribution is 5.71. The molecule has 1 aliphatic rings. The molecule has 0 aromatic heterocycles. The van der Waals surface area contributed by atoms with Gasteiger partial charge < -0.3 is 4.74 Å². The lowest BCUT2D eigenvalue weighted by Crippen LogP contribution is -2.36. The molecule has 3 atom stereocenters. The SMILES string of the molecule is CC1CCC(C(C)C)C(OC(=O)C(C)C)C1. The van der Waals surface area contributed by atoms with Gasteiger partial charge >= 0.3 is 5.97 Å². The maximum atomic E-state index is 11.7. The number of rotatable bonds is 3. The molecular formula is C14H26O2. The summed E-state index contributed by atoms with van der Waals surface area (Å²) in [5.41, 5.74) is 0. The molecule has 0 heterocycles. The highest BCUT2D eigenvalue weighted by atomic mass is 16.5. The number of carbonyl (C=O) groups excluding carboxylic acids is 1. The predicted octanol–water partition coefficient (Wildman–Crippen LogP) is 3.65. The summed E-state index contributed by atoms with van der Waals surface area (Å²) in [5.74, 6) is 1.81. The van der Waals surface area contributed by atoms with Crippen LogP contribution in [0.2, 0.25) is 0 Å². The molecule has 94 valence electrons. The maximum Gasteiger partial charge on any atom is 0.308 e. The van der Waals surface area contributed by atoms with Gasteiger partial charge in [0.1, 0.15) is 6.10 Å². The van der Waals surface area contributed by atoms with E-state index >= 15 is 0 Å². The molecule has 1 fully saturated rings. The lowest BCUT2D eigenvalue weighted by Gasteiger charge is -2.37. The van der Waals surface area contributed by atoms with Crippen LogP contribution in [0.1, 0.15) is 53.9 Å². The Morgan fingerprint density at radius 3 is 2.31 bits per heavy atom. The average Bonchev–Trinajstić information content (AvgIpc) is 2.16. The molecule has 2 nitrogen and oxygen atoms in total. The van der Waals surface area contributed by atoms with Gasteiger partial charge in [0, 0.05) is 0 Å². The standard InChI is InChI=1S/C14H26O2/c1-9(2)12-7-6-11(5)8-13(12)16-14(15)10(3)4/h9-13H,6-8H2,1-5H3. The molecule has 1 rings (SSSR count). The van der Waals surface area contributed by atoms with Crippen molar-refractivity contribution in [1.29, 1.82) is 0 Å². The summed E-state index contributed by atoms with van der Waals surface area (Å²) in [5, 5.41) is 0. The maximum absolute atomic E-state index is 11.7. The molecule has 0 radical (unpaired) electrons. The summed E-state index contributed by atoms with van der Waals surface area (Å²) in [6, 6.07) is 0. The second kappa shape index (κ2) is 5.70. The first kappa shape index (κ1) is 13.5. The summed E-state index contributed by atoms with van der Waals surface area (Å²) in [4.78, 5) is 11.7. The quantitative estimate of drug-likeness (QED) is 0.687. The molecule has 0 amide bonds. The van der Waals surface area contributed by atoms with Crippen molar-refractivity contribution in [3.05, 3.63) is 0 Å². The average molecular weight is 226 g/mol. The topological polar surface area (TPSA) is 26.3 Å². The zero-order valence-corrected chi connectivity index (χ0v) is 11.3. The summed E-state index contributed by atoms with van der Waals surface area (Å²) < 4.78 is 5.66. The number of carbonyl (C=O) groups is 1. The van der Waals surface area contributed by atoms with Crippen molar-refractivity contribution in [3.8, 4) is 0 Å². The van der Waals surface area contributed by atoms with Gasteiger partial charge in [-0.3, -0.25) is 4.79 Å². The molecule has 0 aromatic carbocycles. The Hall–Kier alpha value is -0.530. The van der Waals surface area contributed by atoms with Crippen molar-refractivity contribution in [3.63, 3.8) is 0 Å². The van der Waals surface area contributed by atoms with Crippen LogP contribution < -0.4 is 0 Å². The Kier molecular flexibility index (Phi) is 4.82. The molecule has 0 saturated heterocycles. The molecule has 3 unspecified atom stereocenters. The molecular weight excluding hydrogens is 200 g/mol. The highest BCUT2D eigenvalue weighted by Gasteiger charge is 2.33. The minimum absolute atomic E-state index is 0.00922. The third kappa shape index (κ3) is 3.50. The Bertz CT molecular complexity index is 233. The smallest absolute Gasteiger partial charge is 0.308 e. The van der Waals surface area contributed by atoms with E-state index in [4.69, 9.17) is 4.74 Å². The highest BCUT2D eigenvalue weighted by Crippen LogP contribution is 2.35. The van der Waals surface area contributed by atoms with E-state index in [2.05, 4.69) is 20.8 Å². The van der Waals surface area contributed by atoms with Crippen LogP contribution >= 0.6 is 0 Å². The van der Waals surface area contributed by atoms with Crippen LogP contribution in [0.15, 0.2) is 0 Å². The second-order valence-corrected chi connectivity index (χ2v) is 5.96. The first-order valence-corrected chi connectivity index (χ1v) is 6.62. The molecule has 16 heavy (non-hydrogen) atoms. The summed E-state index contributed by atoms with van der Waals surface area (Å²) in [6.07, 6.45) is 3.67. The third-order valence-electron chi connectivity index (χ3n) is 3.70. The van der Waals surface area contributed by atoms with Crippen LogP contribution in [0.25, 0.3) is 0 Å². The summed E-state index contributed by atoms with van der Waals surface area (Å²) in [6.45, 7) is 10.5. The summed E-state index contributed by atoms with van der Waals surface area (Å²) >= 11 is 0. The van der Waals surface area contributed by atoms with E-state index in [0.717, 1.165) is 6.42 Å². The fourth-order valence-corrected chi connectivity index (χ4v) is 2.54. The Balaban J connectivity index is 2.61. The fraction of sp³-hybridized carbons (Fsp3) is 0.929. The summed E-state index contributed by atoms with van der Waals surface area (Å²) in [7, 11) is 0. The Morgan fingerprint density at radius 2 is 1.81 bits per heavy atom. The number of hydrogen-bond donors (Lipinski definition) is 0. The molecule has 2 heteroatoms. The molecule has 1 saturated carbocycles. The molecule has 0 aliphatic heterocycles. The molecule has 0 spiro atoms. The van der Waals surface area contributed by atoms with Gasteiger partial charge in [-0.1, -0.05) is 41.0 Å². The third-order valence-corrected chi connectivity index (χ3v) is 3.70. The van der Waals surface area contributed by atoms with Crippen LogP contribution in [0.4, 0.5) is 0 Å². The monoisotopic (exact) mass is 226 g/mol. The van der Waals surface area contributed by atoms with Crippen LogP contribution in [0.3, 0.4) is 0 Å². The van der Waals surface area contributed by atoms with Crippen molar-refractivity contribution >= 4 is 5.97 Å². The van der Waals surface area contributed by atoms with Gasteiger partial charge in [-0.05, 0) is 30.6 Å². The Labute approximate surface area is 99.8 Å². The predicted molar refractivity (Wildman–Crippen MR) is 66.1 cm³/mol. The largest absolute Gasteiger partial charge is 0.462 e. The zero-order valence-electron chi connectivity index (χ0n) is 11.3. The lowest BCUT2D eigenvalue weighted by molar-refractivity contribution is -0.159. The van der Waals surface area contributed by atoms with E-state index in [1.165, 1.54) is 12.8 Å². The van der Waals surface area contributed by atoms with Crippen LogP contribution in [0.5, 0.6) is 0 Å². The fourth-order valence-electron chi connectivity index (χ4n) is 2.54. The van der Waals surface area contributed by atoms with Gasteiger partial charge in [0.05, 0.1) is 5.92 Å². The molecule has 1 aliphatic carbocycles. The zero-order chi connectivity index (χ0) is 12.3. The van der Waals surface area contributed by atoms with Gasteiger partial charge in [0.2, 0.25) is 0 Å². The van der Waals surface area contributed by atoms with E-state index < -0.39 is 0 Å². The van der Waals surface area contributed by atoms with E-state index in [-0.39, 0.29) is 18.0 Å². The van der Waals surface area contributed by atoms with Crippen molar-refractivity contribution in [2.45, 2.75) is 60.0 Å². The van der Waals surface area contributed by atoms with E-state index in [1.54, 1.807) is 0 Å². The van der Waals surface area contributed by atoms with E-state index in [9.17, 15) is 4.79 Å². The normalized spacial score (nSPS) is 30.8. The van der Waals surface area contributed by atoms with Crippen molar-refractivity contribution < 1.29 is 9.53 Å². The van der Waals surface area contributed by atoms with Gasteiger partial charge in [0.25, 0.3) is 0 Å². The van der Waals surface area contributed by atoms with Gasteiger partial charge in [-0.25, -0.2) is 0 Å². The number of esters is 1. The minimum atomic E-state index is -0.0373. The van der Waals surface area contributed by atoms with Crippen LogP contribution in [0, 0.1) is 23.7 Å². The molecule has 0 bridgehead atoms. The van der Waals surface area contributed by atoms with Crippen molar-refractivity contribution in [1.82, 2.24) is 0 Å². The molecule has 0 N–H and O–H groups in total. The number of hydrogen-bond acceptors (Lipinski definition) is 2. The van der Waals surface area contributed by atoms with E-state index in [1.807, 2.05) is 13.8 Å². The van der Waals surface area contributed by atoms with Gasteiger partial charge in [0.15, 0.2) is 0 Å². The first-order valence-electron chi connectivity index (χ1n) is 6.62. The minimum Gasteiger partial charge on any atom is -0.462 e. The van der Waals surface area contributed by atoms with E-state index in [0.29, 0.717) is 17.8 Å². The number of ether oxygens (including phenoxy) is 1. The van der Waals surface area contributed by atoms with Crippen molar-refractivity contribution in [2.75, 3.05) is 0 Å². The Morgan fingerprint density at radius 1 is 1.19 bits per heavy atom. The van der Waals surface area contributed by atoms with Gasteiger partial charge in [-0.15, -0.1) is 0 Å². The lowest BCUT2D eigenvalue weighted by atomic mass is 9.75. The van der Waals surface area contributed by atoms with Crippen molar-refractivity contribution in [2.24, 2.45) is 23.7 Å². The molecule has 0 aromatic rings. The first-order chi connectivity index (χ1) is 7.41. The van der Waals surface area contributed by atoms with Gasteiger partial charge in [-0.2, -0.15) is 0 Å². The van der Waals surface area contributed by atoms with Crippen LogP contribution in [-0.4, -0.2) is 12.1 Å². The van der Waals surface area contributed by atoms with Crippen LogP contribution in [-0.2, 0) is 9.53 Å².